The zero-order chi connectivity index (χ0) is 13.5. The van der Waals surface area contributed by atoms with Crippen molar-refractivity contribution in [2.45, 2.75) is 26.9 Å². The van der Waals surface area contributed by atoms with Gasteiger partial charge in [-0.25, -0.2) is 4.79 Å². The maximum atomic E-state index is 11.7. The molecule has 18 heavy (non-hydrogen) atoms. The van der Waals surface area contributed by atoms with Crippen LogP contribution >= 0.6 is 0 Å². The van der Waals surface area contributed by atoms with Crippen LogP contribution in [-0.4, -0.2) is 25.0 Å². The van der Waals surface area contributed by atoms with E-state index in [4.69, 9.17) is 9.47 Å². The van der Waals surface area contributed by atoms with Gasteiger partial charge in [-0.1, -0.05) is 13.8 Å². The highest BCUT2D eigenvalue weighted by Gasteiger charge is 2.25. The number of hydrogen-bond acceptors (Lipinski definition) is 4. The van der Waals surface area contributed by atoms with Gasteiger partial charge < -0.3 is 9.47 Å². The Hall–Kier alpha value is -1.84. The van der Waals surface area contributed by atoms with Gasteiger partial charge in [-0.15, -0.1) is 0 Å². The Balaban J connectivity index is 2.76. The molecule has 1 atom stereocenters. The number of carbonyl (C=O) groups is 2. The first kappa shape index (κ1) is 14.2. The predicted molar refractivity (Wildman–Crippen MR) is 67.7 cm³/mol. The second kappa shape index (κ2) is 6.79. The summed E-state index contributed by atoms with van der Waals surface area (Å²) in [4.78, 5) is 22.2. The first-order chi connectivity index (χ1) is 8.58. The summed E-state index contributed by atoms with van der Waals surface area (Å²) in [6.07, 6.45) is 0.127. The van der Waals surface area contributed by atoms with Crippen molar-refractivity contribution in [1.29, 1.82) is 0 Å². The highest BCUT2D eigenvalue weighted by atomic mass is 16.6. The fourth-order valence-electron chi connectivity index (χ4n) is 1.45. The summed E-state index contributed by atoms with van der Waals surface area (Å²) in [5.74, 6) is 0.189. The number of benzene rings is 1. The van der Waals surface area contributed by atoms with Crippen molar-refractivity contribution in [2.75, 3.05) is 6.61 Å². The molecule has 1 aromatic carbocycles. The number of carbonyl (C=O) groups excluding carboxylic acids is 2. The Morgan fingerprint density at radius 3 is 2.33 bits per heavy atom. The SMILES string of the molecule is CCOC(=O)[C@H](Oc1ccc(C=O)cc1)C(C)C. The molecule has 0 spiro atoms. The summed E-state index contributed by atoms with van der Waals surface area (Å²) < 4.78 is 10.6. The summed E-state index contributed by atoms with van der Waals surface area (Å²) in [5.41, 5.74) is 0.569. The second-order valence-electron chi connectivity index (χ2n) is 4.22. The molecule has 0 N–H and O–H groups in total. The van der Waals surface area contributed by atoms with Gasteiger partial charge in [-0.2, -0.15) is 0 Å². The second-order valence-corrected chi connectivity index (χ2v) is 4.22. The molecule has 0 saturated carbocycles. The van der Waals surface area contributed by atoms with E-state index in [-0.39, 0.29) is 11.9 Å². The quantitative estimate of drug-likeness (QED) is 0.575. The summed E-state index contributed by atoms with van der Waals surface area (Å²) in [5, 5.41) is 0. The lowest BCUT2D eigenvalue weighted by Gasteiger charge is -2.20. The standard InChI is InChI=1S/C14H18O4/c1-4-17-14(16)13(10(2)3)18-12-7-5-11(9-15)6-8-12/h5-10,13H,4H2,1-3H3/t13-/m1/s1. The van der Waals surface area contributed by atoms with Gasteiger partial charge in [0.15, 0.2) is 6.10 Å². The number of hydrogen-bond donors (Lipinski definition) is 0. The molecule has 0 radical (unpaired) electrons. The van der Waals surface area contributed by atoms with Gasteiger partial charge in [0.1, 0.15) is 12.0 Å². The maximum Gasteiger partial charge on any atom is 0.347 e. The first-order valence-electron chi connectivity index (χ1n) is 5.97. The number of ether oxygens (including phenoxy) is 2. The minimum absolute atomic E-state index is 0.00907. The van der Waals surface area contributed by atoms with Gasteiger partial charge in [-0.05, 0) is 31.2 Å². The van der Waals surface area contributed by atoms with Gasteiger partial charge in [0, 0.05) is 11.5 Å². The fraction of sp³-hybridized carbons (Fsp3) is 0.429. The Kier molecular flexibility index (Phi) is 5.36. The van der Waals surface area contributed by atoms with Crippen molar-refractivity contribution in [2.24, 2.45) is 5.92 Å². The molecule has 0 bridgehead atoms. The van der Waals surface area contributed by atoms with Crippen molar-refractivity contribution >= 4 is 12.3 Å². The van der Waals surface area contributed by atoms with Gasteiger partial charge in [0.05, 0.1) is 6.61 Å². The zero-order valence-electron chi connectivity index (χ0n) is 10.9. The third kappa shape index (κ3) is 3.87. The molecular formula is C14H18O4. The Labute approximate surface area is 107 Å². The lowest BCUT2D eigenvalue weighted by Crippen LogP contribution is -2.34. The van der Waals surface area contributed by atoms with Crippen molar-refractivity contribution in [3.05, 3.63) is 29.8 Å². The highest BCUT2D eigenvalue weighted by molar-refractivity contribution is 5.76. The summed E-state index contributed by atoms with van der Waals surface area (Å²) in [6, 6.07) is 6.62. The molecule has 0 fully saturated rings. The Bertz CT molecular complexity index is 395. The molecular weight excluding hydrogens is 232 g/mol. The van der Waals surface area contributed by atoms with E-state index < -0.39 is 6.10 Å². The van der Waals surface area contributed by atoms with Crippen LogP contribution in [0.3, 0.4) is 0 Å². The predicted octanol–water partition coefficient (Wildman–Crippen LogP) is 2.47. The van der Waals surface area contributed by atoms with Crippen molar-refractivity contribution in [3.8, 4) is 5.75 Å². The van der Waals surface area contributed by atoms with E-state index in [0.717, 1.165) is 6.29 Å². The normalized spacial score (nSPS) is 12.0. The van der Waals surface area contributed by atoms with Crippen LogP contribution in [0.2, 0.25) is 0 Å². The van der Waals surface area contributed by atoms with E-state index >= 15 is 0 Å². The zero-order valence-corrected chi connectivity index (χ0v) is 10.9. The van der Waals surface area contributed by atoms with Gasteiger partial charge in [-0.3, -0.25) is 4.79 Å². The molecule has 4 nitrogen and oxygen atoms in total. The number of esters is 1. The van der Waals surface area contributed by atoms with Crippen LogP contribution in [0.15, 0.2) is 24.3 Å². The van der Waals surface area contributed by atoms with Gasteiger partial charge in [0.2, 0.25) is 0 Å². The average Bonchev–Trinajstić information content (AvgIpc) is 2.36. The fourth-order valence-corrected chi connectivity index (χ4v) is 1.45. The van der Waals surface area contributed by atoms with Crippen LogP contribution in [0.4, 0.5) is 0 Å². The molecule has 4 heteroatoms. The third-order valence-corrected chi connectivity index (χ3v) is 2.40. The van der Waals surface area contributed by atoms with Crippen LogP contribution in [0.25, 0.3) is 0 Å². The van der Waals surface area contributed by atoms with Crippen LogP contribution in [0.5, 0.6) is 5.75 Å². The number of rotatable bonds is 6. The Morgan fingerprint density at radius 2 is 1.89 bits per heavy atom. The average molecular weight is 250 g/mol. The molecule has 0 unspecified atom stereocenters. The van der Waals surface area contributed by atoms with Crippen molar-refractivity contribution in [3.63, 3.8) is 0 Å². The molecule has 0 aromatic heterocycles. The van der Waals surface area contributed by atoms with E-state index in [1.165, 1.54) is 0 Å². The molecule has 0 saturated heterocycles. The van der Waals surface area contributed by atoms with Crippen LogP contribution in [-0.2, 0) is 9.53 Å². The molecule has 0 aliphatic rings. The molecule has 0 amide bonds. The lowest BCUT2D eigenvalue weighted by molar-refractivity contribution is -0.153. The van der Waals surface area contributed by atoms with E-state index in [1.807, 2.05) is 13.8 Å². The van der Waals surface area contributed by atoms with Crippen molar-refractivity contribution in [1.82, 2.24) is 0 Å². The molecule has 0 aliphatic heterocycles. The van der Waals surface area contributed by atoms with Crippen LogP contribution in [0, 0.1) is 5.92 Å². The molecule has 0 aliphatic carbocycles. The number of aldehydes is 1. The van der Waals surface area contributed by atoms with E-state index in [0.29, 0.717) is 17.9 Å². The van der Waals surface area contributed by atoms with E-state index in [9.17, 15) is 9.59 Å². The minimum Gasteiger partial charge on any atom is -0.478 e. The lowest BCUT2D eigenvalue weighted by atomic mass is 10.1. The van der Waals surface area contributed by atoms with Gasteiger partial charge >= 0.3 is 5.97 Å². The molecule has 0 heterocycles. The van der Waals surface area contributed by atoms with Crippen molar-refractivity contribution < 1.29 is 19.1 Å². The van der Waals surface area contributed by atoms with Crippen LogP contribution < -0.4 is 4.74 Å². The molecule has 98 valence electrons. The van der Waals surface area contributed by atoms with E-state index in [2.05, 4.69) is 0 Å². The largest absolute Gasteiger partial charge is 0.478 e. The summed E-state index contributed by atoms with van der Waals surface area (Å²) >= 11 is 0. The smallest absolute Gasteiger partial charge is 0.347 e. The third-order valence-electron chi connectivity index (χ3n) is 2.40. The topological polar surface area (TPSA) is 52.6 Å². The van der Waals surface area contributed by atoms with E-state index in [1.54, 1.807) is 31.2 Å². The molecule has 1 rings (SSSR count). The first-order valence-corrected chi connectivity index (χ1v) is 5.97. The monoisotopic (exact) mass is 250 g/mol. The summed E-state index contributed by atoms with van der Waals surface area (Å²) in [7, 11) is 0. The molecule has 1 aromatic rings. The Morgan fingerprint density at radius 1 is 1.28 bits per heavy atom. The van der Waals surface area contributed by atoms with Gasteiger partial charge in [0.25, 0.3) is 0 Å². The maximum absolute atomic E-state index is 11.7. The highest BCUT2D eigenvalue weighted by Crippen LogP contribution is 2.17. The minimum atomic E-state index is -0.632. The van der Waals surface area contributed by atoms with Crippen LogP contribution in [0.1, 0.15) is 31.1 Å². The summed E-state index contributed by atoms with van der Waals surface area (Å²) in [6.45, 7) is 5.87.